The second kappa shape index (κ2) is 6.37. The van der Waals surface area contributed by atoms with Crippen LogP contribution in [0.3, 0.4) is 0 Å². The lowest BCUT2D eigenvalue weighted by Gasteiger charge is -2.14. The van der Waals surface area contributed by atoms with Crippen molar-refractivity contribution < 1.29 is 4.79 Å². The third-order valence-corrected chi connectivity index (χ3v) is 3.19. The topological polar surface area (TPSA) is 80.0 Å². The summed E-state index contributed by atoms with van der Waals surface area (Å²) in [6.07, 6.45) is 0. The molecule has 1 heterocycles. The smallest absolute Gasteiger partial charge is 0.255 e. The molecule has 0 saturated heterocycles. The van der Waals surface area contributed by atoms with Gasteiger partial charge in [0.05, 0.1) is 0 Å². The van der Waals surface area contributed by atoms with Gasteiger partial charge in [-0.15, -0.1) is 0 Å². The van der Waals surface area contributed by atoms with Crippen LogP contribution >= 0.6 is 0 Å². The van der Waals surface area contributed by atoms with Crippen molar-refractivity contribution in [1.82, 2.24) is 4.98 Å². The monoisotopic (exact) mass is 284 g/mol. The first-order valence-corrected chi connectivity index (χ1v) is 6.87. The van der Waals surface area contributed by atoms with Gasteiger partial charge in [-0.05, 0) is 36.6 Å². The number of hydrogen-bond acceptors (Lipinski definition) is 4. The third kappa shape index (κ3) is 3.58. The summed E-state index contributed by atoms with van der Waals surface area (Å²) in [6, 6.07) is 11.2. The molecule has 0 saturated carbocycles. The highest BCUT2D eigenvalue weighted by atomic mass is 16.1. The number of nitrogens with two attached hydrogens (primary N) is 1. The zero-order valence-corrected chi connectivity index (χ0v) is 12.5. The lowest BCUT2D eigenvalue weighted by atomic mass is 10.0. The van der Waals surface area contributed by atoms with Gasteiger partial charge in [-0.1, -0.05) is 32.0 Å². The number of amides is 1. The quantitative estimate of drug-likeness (QED) is 0.595. The van der Waals surface area contributed by atoms with E-state index in [9.17, 15) is 4.79 Å². The molecule has 0 radical (unpaired) electrons. The number of hydrazine groups is 1. The van der Waals surface area contributed by atoms with Crippen LogP contribution in [0.5, 0.6) is 0 Å². The highest BCUT2D eigenvalue weighted by Crippen LogP contribution is 2.24. The minimum Gasteiger partial charge on any atom is -0.322 e. The van der Waals surface area contributed by atoms with Gasteiger partial charge in [0.25, 0.3) is 5.91 Å². The highest BCUT2D eigenvalue weighted by molar-refractivity contribution is 6.05. The summed E-state index contributed by atoms with van der Waals surface area (Å²) in [5.41, 5.74) is 5.65. The van der Waals surface area contributed by atoms with Crippen LogP contribution in [0, 0.1) is 6.92 Å². The molecule has 5 nitrogen and oxygen atoms in total. The average molecular weight is 284 g/mol. The van der Waals surface area contributed by atoms with E-state index >= 15 is 0 Å². The summed E-state index contributed by atoms with van der Waals surface area (Å²) in [5, 5.41) is 2.95. The van der Waals surface area contributed by atoms with Gasteiger partial charge in [-0.3, -0.25) is 4.79 Å². The minimum atomic E-state index is -0.176. The molecule has 0 aliphatic carbocycles. The predicted octanol–water partition coefficient (Wildman–Crippen LogP) is 3.05. The molecule has 0 bridgehead atoms. The predicted molar refractivity (Wildman–Crippen MR) is 85.3 cm³/mol. The first-order chi connectivity index (χ1) is 10.0. The summed E-state index contributed by atoms with van der Waals surface area (Å²) in [5.74, 6) is 5.99. The number of para-hydroxylation sites is 1. The lowest BCUT2D eigenvalue weighted by Crippen LogP contribution is -2.16. The van der Waals surface area contributed by atoms with Gasteiger partial charge in [-0.25, -0.2) is 10.8 Å². The molecule has 2 aromatic rings. The van der Waals surface area contributed by atoms with Gasteiger partial charge in [-0.2, -0.15) is 0 Å². The Labute approximate surface area is 124 Å². The molecule has 0 fully saturated rings. The number of benzene rings is 1. The van der Waals surface area contributed by atoms with Gasteiger partial charge >= 0.3 is 0 Å². The lowest BCUT2D eigenvalue weighted by molar-refractivity contribution is 0.102. The van der Waals surface area contributed by atoms with E-state index in [2.05, 4.69) is 29.6 Å². The largest absolute Gasteiger partial charge is 0.322 e. The average Bonchev–Trinajstić information content (AvgIpc) is 2.46. The summed E-state index contributed by atoms with van der Waals surface area (Å²) >= 11 is 0. The number of pyridine rings is 1. The molecular formula is C16H20N4O. The number of aryl methyl sites for hydroxylation is 1. The maximum Gasteiger partial charge on any atom is 0.255 e. The Morgan fingerprint density at radius 2 is 1.95 bits per heavy atom. The van der Waals surface area contributed by atoms with Gasteiger partial charge in [0, 0.05) is 16.9 Å². The van der Waals surface area contributed by atoms with E-state index in [1.807, 2.05) is 31.2 Å². The fourth-order valence-corrected chi connectivity index (χ4v) is 2.18. The minimum absolute atomic E-state index is 0.176. The summed E-state index contributed by atoms with van der Waals surface area (Å²) in [4.78, 5) is 16.6. The first kappa shape index (κ1) is 15.0. The van der Waals surface area contributed by atoms with Crippen molar-refractivity contribution in [2.45, 2.75) is 26.7 Å². The zero-order valence-electron chi connectivity index (χ0n) is 12.5. The molecule has 0 spiro atoms. The van der Waals surface area contributed by atoms with Gasteiger partial charge in [0.2, 0.25) is 0 Å². The Morgan fingerprint density at radius 1 is 1.24 bits per heavy atom. The number of hydrogen-bond donors (Lipinski definition) is 3. The second-order valence-electron chi connectivity index (χ2n) is 5.22. The molecule has 1 aromatic heterocycles. The van der Waals surface area contributed by atoms with Crippen LogP contribution in [0.2, 0.25) is 0 Å². The van der Waals surface area contributed by atoms with E-state index in [1.54, 1.807) is 12.1 Å². The van der Waals surface area contributed by atoms with Crippen LogP contribution in [0.15, 0.2) is 36.4 Å². The number of carbonyl (C=O) groups is 1. The zero-order chi connectivity index (χ0) is 15.4. The van der Waals surface area contributed by atoms with Crippen LogP contribution in [0.1, 0.15) is 41.4 Å². The van der Waals surface area contributed by atoms with Crippen molar-refractivity contribution in [2.75, 3.05) is 10.7 Å². The van der Waals surface area contributed by atoms with E-state index in [-0.39, 0.29) is 5.91 Å². The van der Waals surface area contributed by atoms with Crippen LogP contribution < -0.4 is 16.6 Å². The van der Waals surface area contributed by atoms with Crippen LogP contribution in [0.4, 0.5) is 11.5 Å². The van der Waals surface area contributed by atoms with E-state index < -0.39 is 0 Å². The van der Waals surface area contributed by atoms with E-state index in [0.29, 0.717) is 17.3 Å². The molecular weight excluding hydrogens is 264 g/mol. The number of nitrogen functional groups attached to an aromatic ring is 1. The Morgan fingerprint density at radius 3 is 2.62 bits per heavy atom. The number of nitrogens with one attached hydrogen (secondary N) is 2. The Kier molecular flexibility index (Phi) is 4.55. The molecule has 0 unspecified atom stereocenters. The number of aromatic nitrogens is 1. The molecule has 21 heavy (non-hydrogen) atoms. The molecule has 1 aromatic carbocycles. The standard InChI is InChI=1S/C16H20N4O/c1-10(2)13-6-4-5-7-14(13)19-16(21)12-8-11(3)18-15(9-12)20-17/h4-10H,17H2,1-3H3,(H,18,20)(H,19,21). The van der Waals surface area contributed by atoms with E-state index in [0.717, 1.165) is 16.9 Å². The molecule has 0 atom stereocenters. The van der Waals surface area contributed by atoms with Crippen molar-refractivity contribution in [3.63, 3.8) is 0 Å². The number of nitrogens with zero attached hydrogens (tertiary/aromatic N) is 1. The summed E-state index contributed by atoms with van der Waals surface area (Å²) < 4.78 is 0. The number of rotatable bonds is 4. The normalized spacial score (nSPS) is 10.5. The van der Waals surface area contributed by atoms with Gasteiger partial charge in [0.15, 0.2) is 0 Å². The maximum atomic E-state index is 12.4. The first-order valence-electron chi connectivity index (χ1n) is 6.87. The van der Waals surface area contributed by atoms with Crippen molar-refractivity contribution in [3.8, 4) is 0 Å². The number of anilines is 2. The van der Waals surface area contributed by atoms with Crippen LogP contribution in [-0.2, 0) is 0 Å². The molecule has 4 N–H and O–H groups in total. The van der Waals surface area contributed by atoms with Gasteiger partial charge < -0.3 is 10.7 Å². The summed E-state index contributed by atoms with van der Waals surface area (Å²) in [6.45, 7) is 6.01. The van der Waals surface area contributed by atoms with Gasteiger partial charge in [0.1, 0.15) is 5.82 Å². The second-order valence-corrected chi connectivity index (χ2v) is 5.22. The summed E-state index contributed by atoms with van der Waals surface area (Å²) in [7, 11) is 0. The molecule has 0 aliphatic rings. The number of carbonyl (C=O) groups excluding carboxylic acids is 1. The Balaban J connectivity index is 2.28. The molecule has 2 rings (SSSR count). The van der Waals surface area contributed by atoms with Crippen molar-refractivity contribution in [1.29, 1.82) is 0 Å². The van der Waals surface area contributed by atoms with Crippen molar-refractivity contribution in [2.24, 2.45) is 5.84 Å². The van der Waals surface area contributed by atoms with Crippen molar-refractivity contribution >= 4 is 17.4 Å². The SMILES string of the molecule is Cc1cc(C(=O)Nc2ccccc2C(C)C)cc(NN)n1. The fourth-order valence-electron chi connectivity index (χ4n) is 2.18. The molecule has 0 aliphatic heterocycles. The van der Waals surface area contributed by atoms with E-state index in [4.69, 9.17) is 5.84 Å². The third-order valence-electron chi connectivity index (χ3n) is 3.19. The highest BCUT2D eigenvalue weighted by Gasteiger charge is 2.12. The van der Waals surface area contributed by atoms with Crippen molar-refractivity contribution in [3.05, 3.63) is 53.2 Å². The molecule has 110 valence electrons. The molecule has 1 amide bonds. The Hall–Kier alpha value is -2.40. The van der Waals surface area contributed by atoms with Crippen LogP contribution in [0.25, 0.3) is 0 Å². The van der Waals surface area contributed by atoms with E-state index in [1.165, 1.54) is 0 Å². The Bertz CT molecular complexity index is 652. The van der Waals surface area contributed by atoms with Crippen LogP contribution in [-0.4, -0.2) is 10.9 Å². The molecule has 5 heteroatoms. The maximum absolute atomic E-state index is 12.4. The fraction of sp³-hybridized carbons (Fsp3) is 0.250.